The van der Waals surface area contributed by atoms with Crippen LogP contribution in [0.15, 0.2) is 12.1 Å². The molecule has 1 fully saturated rings. The van der Waals surface area contributed by atoms with Crippen LogP contribution < -0.4 is 0 Å². The average molecular weight is 387 g/mol. The Hall–Kier alpha value is -2.15. The molecule has 144 valence electrons. The van der Waals surface area contributed by atoms with Crippen molar-refractivity contribution in [2.75, 3.05) is 19.6 Å². The highest BCUT2D eigenvalue weighted by Crippen LogP contribution is 2.26. The van der Waals surface area contributed by atoms with Crippen LogP contribution in [0.2, 0.25) is 0 Å². The minimum Gasteiger partial charge on any atom is -0.343 e. The molecule has 6 nitrogen and oxygen atoms in total. The Kier molecular flexibility index (Phi) is 5.04. The largest absolute Gasteiger partial charge is 0.343 e. The van der Waals surface area contributed by atoms with Crippen molar-refractivity contribution in [3.63, 3.8) is 0 Å². The standard InChI is InChI=1S/C20H26N4O2S/c1-14-5-7-18(27-14)20(26)24-12-9-17-15(13-24)16(21-22(17)2)6-8-19(25)23-10-3-4-11-23/h5,7H,3-4,6,8-13H2,1-2H3. The molecule has 2 aliphatic rings. The molecule has 0 aliphatic carbocycles. The van der Waals surface area contributed by atoms with E-state index in [9.17, 15) is 9.59 Å². The SMILES string of the molecule is Cc1ccc(C(=O)N2CCc3c(c(CCC(=O)N4CCCC4)nn3C)C2)s1. The van der Waals surface area contributed by atoms with Crippen LogP contribution in [0.1, 0.15) is 50.8 Å². The van der Waals surface area contributed by atoms with Gasteiger partial charge in [-0.1, -0.05) is 0 Å². The summed E-state index contributed by atoms with van der Waals surface area (Å²) >= 11 is 1.55. The number of aryl methyl sites for hydroxylation is 3. The predicted octanol–water partition coefficient (Wildman–Crippen LogP) is 2.54. The molecule has 0 bridgehead atoms. The van der Waals surface area contributed by atoms with Gasteiger partial charge in [-0.2, -0.15) is 5.10 Å². The van der Waals surface area contributed by atoms with Crippen LogP contribution in [0.25, 0.3) is 0 Å². The van der Waals surface area contributed by atoms with E-state index in [0.29, 0.717) is 25.9 Å². The molecule has 27 heavy (non-hydrogen) atoms. The molecular formula is C20H26N4O2S. The lowest BCUT2D eigenvalue weighted by atomic mass is 10.0. The van der Waals surface area contributed by atoms with E-state index >= 15 is 0 Å². The van der Waals surface area contributed by atoms with Crippen LogP contribution in [-0.2, 0) is 31.2 Å². The molecule has 0 radical (unpaired) electrons. The number of likely N-dealkylation sites (tertiary alicyclic amines) is 1. The van der Waals surface area contributed by atoms with Gasteiger partial charge in [0, 0.05) is 68.6 Å². The first-order valence-electron chi connectivity index (χ1n) is 9.70. The third-order valence-corrected chi connectivity index (χ3v) is 6.59. The number of carbonyl (C=O) groups excluding carboxylic acids is 2. The summed E-state index contributed by atoms with van der Waals surface area (Å²) in [5.41, 5.74) is 3.31. The quantitative estimate of drug-likeness (QED) is 0.811. The molecule has 4 rings (SSSR count). The van der Waals surface area contributed by atoms with Crippen LogP contribution in [0.3, 0.4) is 0 Å². The Balaban J connectivity index is 1.47. The van der Waals surface area contributed by atoms with Gasteiger partial charge in [-0.15, -0.1) is 11.3 Å². The van der Waals surface area contributed by atoms with E-state index in [1.165, 1.54) is 5.69 Å². The monoisotopic (exact) mass is 386 g/mol. The molecule has 2 aliphatic heterocycles. The Morgan fingerprint density at radius 2 is 1.93 bits per heavy atom. The Morgan fingerprint density at radius 1 is 1.15 bits per heavy atom. The fraction of sp³-hybridized carbons (Fsp3) is 0.550. The zero-order valence-electron chi connectivity index (χ0n) is 16.0. The zero-order chi connectivity index (χ0) is 19.0. The fourth-order valence-electron chi connectivity index (χ4n) is 4.10. The number of carbonyl (C=O) groups is 2. The van der Waals surface area contributed by atoms with Crippen molar-refractivity contribution < 1.29 is 9.59 Å². The van der Waals surface area contributed by atoms with Gasteiger partial charge in [0.25, 0.3) is 5.91 Å². The van der Waals surface area contributed by atoms with Gasteiger partial charge in [0.05, 0.1) is 10.6 Å². The molecule has 7 heteroatoms. The highest BCUT2D eigenvalue weighted by atomic mass is 32.1. The Morgan fingerprint density at radius 3 is 2.63 bits per heavy atom. The molecule has 2 amide bonds. The number of aromatic nitrogens is 2. The molecule has 0 spiro atoms. The molecule has 0 aromatic carbocycles. The first kappa shape index (κ1) is 18.2. The van der Waals surface area contributed by atoms with E-state index in [1.807, 2.05) is 40.6 Å². The second kappa shape index (κ2) is 7.46. The van der Waals surface area contributed by atoms with Crippen molar-refractivity contribution in [1.29, 1.82) is 0 Å². The summed E-state index contributed by atoms with van der Waals surface area (Å²) in [5, 5.41) is 4.67. The third kappa shape index (κ3) is 3.65. The Bertz CT molecular complexity index is 863. The van der Waals surface area contributed by atoms with Crippen LogP contribution in [0.4, 0.5) is 0 Å². The molecule has 0 N–H and O–H groups in total. The number of nitrogens with zero attached hydrogens (tertiary/aromatic N) is 4. The van der Waals surface area contributed by atoms with E-state index < -0.39 is 0 Å². The van der Waals surface area contributed by atoms with Crippen molar-refractivity contribution >= 4 is 23.2 Å². The second-order valence-corrected chi connectivity index (χ2v) is 8.76. The Labute approximate surface area is 163 Å². The first-order valence-corrected chi connectivity index (χ1v) is 10.5. The number of hydrogen-bond acceptors (Lipinski definition) is 4. The third-order valence-electron chi connectivity index (χ3n) is 5.60. The predicted molar refractivity (Wildman–Crippen MR) is 105 cm³/mol. The van der Waals surface area contributed by atoms with Gasteiger partial charge in [0.15, 0.2) is 0 Å². The number of amides is 2. The van der Waals surface area contributed by atoms with Gasteiger partial charge in [-0.05, 0) is 31.9 Å². The summed E-state index contributed by atoms with van der Waals surface area (Å²) in [6, 6.07) is 3.91. The summed E-state index contributed by atoms with van der Waals surface area (Å²) in [7, 11) is 1.96. The van der Waals surface area contributed by atoms with Crippen molar-refractivity contribution in [3.05, 3.63) is 38.8 Å². The summed E-state index contributed by atoms with van der Waals surface area (Å²) in [4.78, 5) is 31.0. The van der Waals surface area contributed by atoms with Gasteiger partial charge < -0.3 is 9.80 Å². The van der Waals surface area contributed by atoms with E-state index in [4.69, 9.17) is 0 Å². The topological polar surface area (TPSA) is 58.4 Å². The van der Waals surface area contributed by atoms with Crippen LogP contribution in [0.5, 0.6) is 0 Å². The molecule has 0 atom stereocenters. The summed E-state index contributed by atoms with van der Waals surface area (Å²) in [6.45, 7) is 5.11. The van der Waals surface area contributed by atoms with Crippen molar-refractivity contribution in [1.82, 2.24) is 19.6 Å². The van der Waals surface area contributed by atoms with Crippen molar-refractivity contribution in [3.8, 4) is 0 Å². The maximum atomic E-state index is 12.8. The lowest BCUT2D eigenvalue weighted by Gasteiger charge is -2.27. The fourth-order valence-corrected chi connectivity index (χ4v) is 4.93. The highest BCUT2D eigenvalue weighted by molar-refractivity contribution is 7.13. The van der Waals surface area contributed by atoms with Gasteiger partial charge in [0.2, 0.25) is 5.91 Å². The normalized spacial score (nSPS) is 16.7. The van der Waals surface area contributed by atoms with Crippen molar-refractivity contribution in [2.45, 2.75) is 45.6 Å². The van der Waals surface area contributed by atoms with Gasteiger partial charge in [0.1, 0.15) is 0 Å². The van der Waals surface area contributed by atoms with E-state index in [0.717, 1.165) is 53.4 Å². The van der Waals surface area contributed by atoms with Gasteiger partial charge in [-0.3, -0.25) is 14.3 Å². The van der Waals surface area contributed by atoms with Gasteiger partial charge >= 0.3 is 0 Å². The maximum Gasteiger partial charge on any atom is 0.264 e. The molecule has 0 unspecified atom stereocenters. The molecular weight excluding hydrogens is 360 g/mol. The highest BCUT2D eigenvalue weighted by Gasteiger charge is 2.28. The van der Waals surface area contributed by atoms with E-state index in [-0.39, 0.29) is 11.8 Å². The molecule has 2 aromatic rings. The van der Waals surface area contributed by atoms with E-state index in [2.05, 4.69) is 5.10 Å². The first-order chi connectivity index (χ1) is 13.0. The molecule has 1 saturated heterocycles. The number of rotatable bonds is 4. The molecule has 4 heterocycles. The zero-order valence-corrected chi connectivity index (χ0v) is 16.8. The number of hydrogen-bond donors (Lipinski definition) is 0. The number of thiophene rings is 1. The van der Waals surface area contributed by atoms with Crippen LogP contribution in [0, 0.1) is 6.92 Å². The van der Waals surface area contributed by atoms with Crippen LogP contribution in [-0.4, -0.2) is 51.0 Å². The minimum atomic E-state index is 0.0988. The average Bonchev–Trinajstić information content (AvgIpc) is 3.40. The summed E-state index contributed by atoms with van der Waals surface area (Å²) in [5.74, 6) is 0.325. The second-order valence-electron chi connectivity index (χ2n) is 7.47. The van der Waals surface area contributed by atoms with Crippen LogP contribution >= 0.6 is 11.3 Å². The summed E-state index contributed by atoms with van der Waals surface area (Å²) in [6.07, 6.45) is 4.20. The lowest BCUT2D eigenvalue weighted by molar-refractivity contribution is -0.130. The number of fused-ring (bicyclic) bond motifs is 1. The molecule has 2 aromatic heterocycles. The molecule has 0 saturated carbocycles. The van der Waals surface area contributed by atoms with Gasteiger partial charge in [-0.25, -0.2) is 0 Å². The minimum absolute atomic E-state index is 0.0988. The smallest absolute Gasteiger partial charge is 0.264 e. The summed E-state index contributed by atoms with van der Waals surface area (Å²) < 4.78 is 1.93. The lowest BCUT2D eigenvalue weighted by Crippen LogP contribution is -2.36. The van der Waals surface area contributed by atoms with E-state index in [1.54, 1.807) is 11.3 Å². The van der Waals surface area contributed by atoms with Crippen molar-refractivity contribution in [2.24, 2.45) is 7.05 Å². The maximum absolute atomic E-state index is 12.8.